The molecule has 1 aliphatic heterocycles. The van der Waals surface area contributed by atoms with Gasteiger partial charge in [-0.1, -0.05) is 0 Å². The van der Waals surface area contributed by atoms with Crippen LogP contribution >= 0.6 is 0 Å². The first-order valence-electron chi connectivity index (χ1n) is 9.52. The third kappa shape index (κ3) is 3.73. The number of aromatic nitrogens is 3. The largest absolute Gasteiger partial charge is 0.461 e. The number of carbonyl (C=O) groups is 1. The predicted molar refractivity (Wildman–Crippen MR) is 102 cm³/mol. The van der Waals surface area contributed by atoms with Crippen LogP contribution in [-0.2, 0) is 13.1 Å². The van der Waals surface area contributed by atoms with Crippen molar-refractivity contribution in [3.05, 3.63) is 47.7 Å². The number of hydrogen-bond donors (Lipinski definition) is 0. The van der Waals surface area contributed by atoms with Crippen molar-refractivity contribution >= 4 is 16.9 Å². The van der Waals surface area contributed by atoms with Gasteiger partial charge < -0.3 is 9.32 Å². The molecular weight excluding hydrogens is 342 g/mol. The fraction of sp³-hybridized carbons (Fsp3) is 0.450. The summed E-state index contributed by atoms with van der Waals surface area (Å²) in [5.74, 6) is 1.94. The molecular formula is C20H25N5O2. The molecule has 1 saturated heterocycles. The summed E-state index contributed by atoms with van der Waals surface area (Å²) in [4.78, 5) is 21.7. The van der Waals surface area contributed by atoms with Crippen LogP contribution < -0.4 is 0 Å². The summed E-state index contributed by atoms with van der Waals surface area (Å²) >= 11 is 0. The molecule has 1 amide bonds. The third-order valence-electron chi connectivity index (χ3n) is 5.12. The average Bonchev–Trinajstić information content (AvgIpc) is 3.19. The Bertz CT molecular complexity index is 945. The number of nitrogens with zero attached hydrogens (tertiary/aromatic N) is 5. The maximum Gasteiger partial charge on any atom is 0.253 e. The van der Waals surface area contributed by atoms with E-state index in [9.17, 15) is 4.79 Å². The van der Waals surface area contributed by atoms with Gasteiger partial charge in [-0.2, -0.15) is 5.10 Å². The number of carbonyl (C=O) groups excluding carboxylic acids is 1. The SMILES string of the molecule is CCn1ncnc1CN1CCCN(C(=O)c2ccc3oc(C)cc3c2)CC1. The Labute approximate surface area is 158 Å². The number of aryl methyl sites for hydroxylation is 2. The zero-order valence-electron chi connectivity index (χ0n) is 15.9. The summed E-state index contributed by atoms with van der Waals surface area (Å²) in [5.41, 5.74) is 1.55. The number of fused-ring (bicyclic) bond motifs is 1. The van der Waals surface area contributed by atoms with Crippen molar-refractivity contribution in [1.82, 2.24) is 24.6 Å². The Balaban J connectivity index is 1.43. The maximum absolute atomic E-state index is 13.0. The topological polar surface area (TPSA) is 67.4 Å². The molecule has 1 aliphatic rings. The zero-order valence-corrected chi connectivity index (χ0v) is 15.9. The van der Waals surface area contributed by atoms with Gasteiger partial charge in [0.1, 0.15) is 23.5 Å². The molecule has 27 heavy (non-hydrogen) atoms. The smallest absolute Gasteiger partial charge is 0.253 e. The molecule has 3 heterocycles. The lowest BCUT2D eigenvalue weighted by Gasteiger charge is -2.22. The van der Waals surface area contributed by atoms with Gasteiger partial charge in [0.05, 0.1) is 6.54 Å². The van der Waals surface area contributed by atoms with Gasteiger partial charge in [0.15, 0.2) is 0 Å². The molecule has 7 nitrogen and oxygen atoms in total. The van der Waals surface area contributed by atoms with Crippen molar-refractivity contribution in [2.45, 2.75) is 33.4 Å². The van der Waals surface area contributed by atoms with E-state index >= 15 is 0 Å². The van der Waals surface area contributed by atoms with Gasteiger partial charge in [-0.15, -0.1) is 0 Å². The lowest BCUT2D eigenvalue weighted by atomic mass is 10.1. The minimum Gasteiger partial charge on any atom is -0.461 e. The molecule has 0 atom stereocenters. The molecule has 0 spiro atoms. The molecule has 0 unspecified atom stereocenters. The highest BCUT2D eigenvalue weighted by Gasteiger charge is 2.21. The van der Waals surface area contributed by atoms with Crippen LogP contribution in [0.4, 0.5) is 0 Å². The van der Waals surface area contributed by atoms with E-state index in [-0.39, 0.29) is 5.91 Å². The number of benzene rings is 1. The molecule has 3 aromatic rings. The van der Waals surface area contributed by atoms with E-state index in [1.165, 1.54) is 0 Å². The van der Waals surface area contributed by atoms with E-state index in [1.807, 2.05) is 40.8 Å². The Hall–Kier alpha value is -2.67. The van der Waals surface area contributed by atoms with E-state index in [0.29, 0.717) is 0 Å². The van der Waals surface area contributed by atoms with Crippen molar-refractivity contribution in [3.8, 4) is 0 Å². The molecule has 0 saturated carbocycles. The summed E-state index contributed by atoms with van der Waals surface area (Å²) in [5, 5.41) is 5.22. The summed E-state index contributed by atoms with van der Waals surface area (Å²) in [7, 11) is 0. The van der Waals surface area contributed by atoms with Gasteiger partial charge in [-0.05, 0) is 44.5 Å². The standard InChI is InChI=1S/C20H25N5O2/c1-3-25-19(21-14-22-25)13-23-7-4-8-24(10-9-23)20(26)16-5-6-18-17(12-16)11-15(2)27-18/h5-6,11-12,14H,3-4,7-10,13H2,1-2H3. The molecule has 142 valence electrons. The van der Waals surface area contributed by atoms with Gasteiger partial charge >= 0.3 is 0 Å². The van der Waals surface area contributed by atoms with Crippen LogP contribution in [0.15, 0.2) is 35.0 Å². The second-order valence-corrected chi connectivity index (χ2v) is 7.02. The highest BCUT2D eigenvalue weighted by molar-refractivity contribution is 5.97. The van der Waals surface area contributed by atoms with Crippen molar-refractivity contribution < 1.29 is 9.21 Å². The van der Waals surface area contributed by atoms with E-state index in [0.717, 1.165) is 73.8 Å². The van der Waals surface area contributed by atoms with Crippen molar-refractivity contribution in [2.24, 2.45) is 0 Å². The predicted octanol–water partition coefficient (Wildman–Crippen LogP) is 2.70. The van der Waals surface area contributed by atoms with Crippen LogP contribution in [0.3, 0.4) is 0 Å². The molecule has 0 radical (unpaired) electrons. The Kier molecular flexibility index (Phi) is 4.94. The van der Waals surface area contributed by atoms with Crippen molar-refractivity contribution in [2.75, 3.05) is 26.2 Å². The fourth-order valence-electron chi connectivity index (χ4n) is 3.70. The van der Waals surface area contributed by atoms with E-state index < -0.39 is 0 Å². The van der Waals surface area contributed by atoms with E-state index in [1.54, 1.807) is 6.33 Å². The van der Waals surface area contributed by atoms with Gasteiger partial charge in [0.25, 0.3) is 5.91 Å². The third-order valence-corrected chi connectivity index (χ3v) is 5.12. The van der Waals surface area contributed by atoms with Crippen LogP contribution in [0.1, 0.15) is 35.3 Å². The summed E-state index contributed by atoms with van der Waals surface area (Å²) < 4.78 is 7.53. The van der Waals surface area contributed by atoms with Gasteiger partial charge in [-0.3, -0.25) is 9.69 Å². The Morgan fingerprint density at radius 2 is 2.07 bits per heavy atom. The summed E-state index contributed by atoms with van der Waals surface area (Å²) in [6.07, 6.45) is 2.57. The van der Waals surface area contributed by atoms with Crippen LogP contribution in [0, 0.1) is 6.92 Å². The van der Waals surface area contributed by atoms with Crippen LogP contribution in [0.2, 0.25) is 0 Å². The van der Waals surface area contributed by atoms with E-state index in [2.05, 4.69) is 21.9 Å². The zero-order chi connectivity index (χ0) is 18.8. The average molecular weight is 367 g/mol. The second kappa shape index (κ2) is 7.52. The molecule has 2 aromatic heterocycles. The maximum atomic E-state index is 13.0. The second-order valence-electron chi connectivity index (χ2n) is 7.02. The molecule has 1 aromatic carbocycles. The molecule has 4 rings (SSSR count). The summed E-state index contributed by atoms with van der Waals surface area (Å²) in [6.45, 7) is 8.89. The monoisotopic (exact) mass is 367 g/mol. The first-order chi connectivity index (χ1) is 13.1. The Morgan fingerprint density at radius 1 is 1.19 bits per heavy atom. The van der Waals surface area contributed by atoms with E-state index in [4.69, 9.17) is 4.42 Å². The summed E-state index contributed by atoms with van der Waals surface area (Å²) in [6, 6.07) is 7.65. The normalized spacial score (nSPS) is 16.0. The molecule has 1 fully saturated rings. The molecule has 0 bridgehead atoms. The highest BCUT2D eigenvalue weighted by Crippen LogP contribution is 2.21. The minimum atomic E-state index is 0.0920. The fourth-order valence-corrected chi connectivity index (χ4v) is 3.70. The van der Waals surface area contributed by atoms with Crippen LogP contribution in [-0.4, -0.2) is 56.7 Å². The first-order valence-corrected chi connectivity index (χ1v) is 9.52. The lowest BCUT2D eigenvalue weighted by Crippen LogP contribution is -2.35. The van der Waals surface area contributed by atoms with Gasteiger partial charge in [0, 0.05) is 43.7 Å². The number of rotatable bonds is 4. The molecule has 0 N–H and O–H groups in total. The number of furan rings is 1. The van der Waals surface area contributed by atoms with Gasteiger partial charge in [0.2, 0.25) is 0 Å². The molecule has 0 aliphatic carbocycles. The lowest BCUT2D eigenvalue weighted by molar-refractivity contribution is 0.0761. The van der Waals surface area contributed by atoms with Crippen molar-refractivity contribution in [3.63, 3.8) is 0 Å². The van der Waals surface area contributed by atoms with Gasteiger partial charge in [-0.25, -0.2) is 9.67 Å². The minimum absolute atomic E-state index is 0.0920. The highest BCUT2D eigenvalue weighted by atomic mass is 16.3. The molecule has 7 heteroatoms. The first kappa shape index (κ1) is 17.7. The van der Waals surface area contributed by atoms with Crippen LogP contribution in [0.25, 0.3) is 11.0 Å². The van der Waals surface area contributed by atoms with Crippen LogP contribution in [0.5, 0.6) is 0 Å². The number of amides is 1. The van der Waals surface area contributed by atoms with Crippen molar-refractivity contribution in [1.29, 1.82) is 0 Å². The quantitative estimate of drug-likeness (QED) is 0.709. The number of hydrogen-bond acceptors (Lipinski definition) is 5. The Morgan fingerprint density at radius 3 is 2.93 bits per heavy atom.